The number of aromatic nitrogens is 2. The standard InChI is InChI=1S/C20H21N3O5S/c1-14-3-9-18(10-4-14)29(24,25)28-23-11-12-26-19(13-23)16-5-7-17(8-6-16)20-21-15(2)27-22-20/h3-10,19H,11-13H2,1-2H3. The molecule has 1 atom stereocenters. The van der Waals surface area contributed by atoms with Crippen molar-refractivity contribution in [1.29, 1.82) is 0 Å². The zero-order chi connectivity index (χ0) is 20.4. The van der Waals surface area contributed by atoms with Gasteiger partial charge in [-0.25, -0.2) is 0 Å². The van der Waals surface area contributed by atoms with Gasteiger partial charge in [0, 0.05) is 19.0 Å². The van der Waals surface area contributed by atoms with Gasteiger partial charge in [-0.2, -0.15) is 22.7 Å². The third-order valence-corrected chi connectivity index (χ3v) is 5.87. The summed E-state index contributed by atoms with van der Waals surface area (Å²) in [7, 11) is -3.88. The van der Waals surface area contributed by atoms with Crippen LogP contribution in [0.2, 0.25) is 0 Å². The number of ether oxygens (including phenoxy) is 1. The molecule has 0 saturated carbocycles. The van der Waals surface area contributed by atoms with Gasteiger partial charge in [-0.3, -0.25) is 0 Å². The molecule has 1 saturated heterocycles. The molecular weight excluding hydrogens is 394 g/mol. The van der Waals surface area contributed by atoms with Crippen LogP contribution in [-0.2, 0) is 19.1 Å². The molecule has 152 valence electrons. The highest BCUT2D eigenvalue weighted by molar-refractivity contribution is 7.86. The molecule has 0 amide bonds. The predicted octanol–water partition coefficient (Wildman–Crippen LogP) is 3.05. The van der Waals surface area contributed by atoms with Crippen LogP contribution < -0.4 is 0 Å². The summed E-state index contributed by atoms with van der Waals surface area (Å²) in [6.07, 6.45) is -0.307. The second-order valence-corrected chi connectivity index (χ2v) is 8.38. The molecule has 0 aliphatic carbocycles. The summed E-state index contributed by atoms with van der Waals surface area (Å²) in [5.74, 6) is 1.02. The lowest BCUT2D eigenvalue weighted by atomic mass is 10.1. The van der Waals surface area contributed by atoms with Crippen molar-refractivity contribution >= 4 is 10.1 Å². The highest BCUT2D eigenvalue weighted by Crippen LogP contribution is 2.26. The van der Waals surface area contributed by atoms with Crippen LogP contribution in [0, 0.1) is 13.8 Å². The van der Waals surface area contributed by atoms with Gasteiger partial charge in [0.05, 0.1) is 24.2 Å². The molecule has 1 aliphatic rings. The number of hydrogen-bond acceptors (Lipinski definition) is 8. The highest BCUT2D eigenvalue weighted by atomic mass is 32.2. The second-order valence-electron chi connectivity index (χ2n) is 6.85. The van der Waals surface area contributed by atoms with Crippen molar-refractivity contribution < 1.29 is 22.0 Å². The van der Waals surface area contributed by atoms with E-state index < -0.39 is 10.1 Å². The van der Waals surface area contributed by atoms with Crippen molar-refractivity contribution in [2.45, 2.75) is 24.8 Å². The average molecular weight is 415 g/mol. The van der Waals surface area contributed by atoms with Gasteiger partial charge in [0.2, 0.25) is 11.7 Å². The smallest absolute Gasteiger partial charge is 0.313 e. The lowest BCUT2D eigenvalue weighted by Crippen LogP contribution is -2.39. The number of aryl methyl sites for hydroxylation is 2. The summed E-state index contributed by atoms with van der Waals surface area (Å²) >= 11 is 0. The Balaban J connectivity index is 1.45. The minimum absolute atomic E-state index is 0.130. The maximum atomic E-state index is 12.5. The number of rotatable bonds is 5. The van der Waals surface area contributed by atoms with Crippen molar-refractivity contribution in [1.82, 2.24) is 15.2 Å². The first-order chi connectivity index (χ1) is 13.9. The van der Waals surface area contributed by atoms with Gasteiger partial charge in [-0.1, -0.05) is 47.1 Å². The average Bonchev–Trinajstić information content (AvgIpc) is 3.15. The van der Waals surface area contributed by atoms with E-state index in [4.69, 9.17) is 13.5 Å². The lowest BCUT2D eigenvalue weighted by molar-refractivity contribution is -0.145. The molecule has 0 radical (unpaired) electrons. The van der Waals surface area contributed by atoms with Crippen molar-refractivity contribution in [3.63, 3.8) is 0 Å². The molecule has 8 nitrogen and oxygen atoms in total. The van der Waals surface area contributed by atoms with Crippen LogP contribution >= 0.6 is 0 Å². The van der Waals surface area contributed by atoms with Crippen LogP contribution in [0.25, 0.3) is 11.4 Å². The van der Waals surface area contributed by atoms with Crippen LogP contribution in [-0.4, -0.2) is 43.3 Å². The zero-order valence-electron chi connectivity index (χ0n) is 16.1. The monoisotopic (exact) mass is 415 g/mol. The maximum absolute atomic E-state index is 12.5. The van der Waals surface area contributed by atoms with Gasteiger partial charge in [0.15, 0.2) is 0 Å². The van der Waals surface area contributed by atoms with Gasteiger partial charge in [0.25, 0.3) is 0 Å². The summed E-state index contributed by atoms with van der Waals surface area (Å²) in [6.45, 7) is 4.66. The predicted molar refractivity (Wildman–Crippen MR) is 104 cm³/mol. The first kappa shape index (κ1) is 19.7. The topological polar surface area (TPSA) is 94.8 Å². The largest absolute Gasteiger partial charge is 0.371 e. The Labute approximate surface area is 169 Å². The van der Waals surface area contributed by atoms with Gasteiger partial charge in [-0.05, 0) is 24.6 Å². The second kappa shape index (κ2) is 8.03. The molecule has 1 aromatic heterocycles. The van der Waals surface area contributed by atoms with E-state index in [1.165, 1.54) is 5.06 Å². The van der Waals surface area contributed by atoms with E-state index in [0.717, 1.165) is 16.7 Å². The maximum Gasteiger partial charge on any atom is 0.313 e. The van der Waals surface area contributed by atoms with Crippen LogP contribution in [0.5, 0.6) is 0 Å². The molecule has 0 bridgehead atoms. The van der Waals surface area contributed by atoms with Gasteiger partial charge >= 0.3 is 10.1 Å². The van der Waals surface area contributed by atoms with Crippen molar-refractivity contribution in [3.8, 4) is 11.4 Å². The number of nitrogens with zero attached hydrogens (tertiary/aromatic N) is 3. The van der Waals surface area contributed by atoms with E-state index in [9.17, 15) is 8.42 Å². The number of hydrogen-bond donors (Lipinski definition) is 0. The van der Waals surface area contributed by atoms with E-state index in [-0.39, 0.29) is 11.0 Å². The van der Waals surface area contributed by atoms with E-state index in [1.807, 2.05) is 31.2 Å². The van der Waals surface area contributed by atoms with E-state index >= 15 is 0 Å². The molecule has 2 aromatic carbocycles. The summed E-state index contributed by atoms with van der Waals surface area (Å²) in [4.78, 5) is 4.34. The molecule has 2 heterocycles. The Morgan fingerprint density at radius 3 is 2.45 bits per heavy atom. The molecule has 0 N–H and O–H groups in total. The van der Waals surface area contributed by atoms with Crippen molar-refractivity contribution in [2.75, 3.05) is 19.7 Å². The normalized spacial score (nSPS) is 18.1. The summed E-state index contributed by atoms with van der Waals surface area (Å²) in [6, 6.07) is 14.1. The number of morpholine rings is 1. The molecule has 1 fully saturated rings. The van der Waals surface area contributed by atoms with Crippen LogP contribution in [0.15, 0.2) is 57.9 Å². The Hall–Kier alpha value is -2.59. The van der Waals surface area contributed by atoms with Crippen LogP contribution in [0.4, 0.5) is 0 Å². The van der Waals surface area contributed by atoms with Crippen molar-refractivity contribution in [2.24, 2.45) is 0 Å². The van der Waals surface area contributed by atoms with Crippen LogP contribution in [0.3, 0.4) is 0 Å². The minimum Gasteiger partial charge on any atom is -0.371 e. The Morgan fingerprint density at radius 2 is 1.79 bits per heavy atom. The van der Waals surface area contributed by atoms with Gasteiger partial charge in [-0.15, -0.1) is 0 Å². The van der Waals surface area contributed by atoms with Crippen LogP contribution in [0.1, 0.15) is 23.1 Å². The fourth-order valence-electron chi connectivity index (χ4n) is 3.05. The minimum atomic E-state index is -3.88. The molecule has 3 aromatic rings. The molecule has 4 rings (SSSR count). The van der Waals surface area contributed by atoms with E-state index in [2.05, 4.69) is 10.1 Å². The quantitative estimate of drug-likeness (QED) is 0.628. The summed E-state index contributed by atoms with van der Waals surface area (Å²) < 4.78 is 41.2. The zero-order valence-corrected chi connectivity index (χ0v) is 16.9. The summed E-state index contributed by atoms with van der Waals surface area (Å²) in [5.41, 5.74) is 2.72. The van der Waals surface area contributed by atoms with E-state index in [1.54, 1.807) is 31.2 Å². The number of benzene rings is 2. The molecule has 1 unspecified atom stereocenters. The molecule has 0 spiro atoms. The first-order valence-electron chi connectivity index (χ1n) is 9.19. The third kappa shape index (κ3) is 4.54. The van der Waals surface area contributed by atoms with Crippen molar-refractivity contribution in [3.05, 3.63) is 65.5 Å². The Kier molecular flexibility index (Phi) is 5.46. The fraction of sp³-hybridized carbons (Fsp3) is 0.300. The van der Waals surface area contributed by atoms with E-state index in [0.29, 0.717) is 31.4 Å². The fourth-order valence-corrected chi connectivity index (χ4v) is 4.01. The lowest BCUT2D eigenvalue weighted by Gasteiger charge is -2.31. The number of hydroxylamine groups is 2. The van der Waals surface area contributed by atoms with Gasteiger partial charge < -0.3 is 9.26 Å². The third-order valence-electron chi connectivity index (χ3n) is 4.61. The SMILES string of the molecule is Cc1ccc(S(=O)(=O)ON2CCOC(c3ccc(-c4noc(C)n4)cc3)C2)cc1. The first-order valence-corrected chi connectivity index (χ1v) is 10.6. The highest BCUT2D eigenvalue weighted by Gasteiger charge is 2.27. The molecule has 1 aliphatic heterocycles. The Morgan fingerprint density at radius 1 is 1.07 bits per heavy atom. The molecule has 29 heavy (non-hydrogen) atoms. The molecule has 9 heteroatoms. The van der Waals surface area contributed by atoms with Gasteiger partial charge in [0.1, 0.15) is 0 Å². The summed E-state index contributed by atoms with van der Waals surface area (Å²) in [5, 5.41) is 5.33. The Bertz CT molecular complexity index is 1080. The molecular formula is C20H21N3O5S.